The highest BCUT2D eigenvalue weighted by Gasteiger charge is 2.31. The largest absolute Gasteiger partial charge is 0.462 e. The van der Waals surface area contributed by atoms with Crippen LogP contribution in [0.15, 0.2) is 24.3 Å². The summed E-state index contributed by atoms with van der Waals surface area (Å²) in [6.07, 6.45) is 6.37. The molecule has 1 aromatic carbocycles. The van der Waals surface area contributed by atoms with E-state index >= 15 is 0 Å². The second-order valence-corrected chi connectivity index (χ2v) is 8.41. The Hall–Kier alpha value is -1.82. The van der Waals surface area contributed by atoms with Crippen LogP contribution >= 0.6 is 11.8 Å². The highest BCUT2D eigenvalue weighted by molar-refractivity contribution is 8.15. The molecule has 3 rings (SSSR count). The van der Waals surface area contributed by atoms with Crippen molar-refractivity contribution in [1.82, 2.24) is 5.32 Å². The monoisotopic (exact) mass is 361 g/mol. The van der Waals surface area contributed by atoms with Crippen molar-refractivity contribution in [3.05, 3.63) is 35.4 Å². The lowest BCUT2D eigenvalue weighted by Gasteiger charge is -2.32. The molecule has 1 heterocycles. The fourth-order valence-corrected chi connectivity index (χ4v) is 4.25. The highest BCUT2D eigenvalue weighted by Crippen LogP contribution is 2.36. The van der Waals surface area contributed by atoms with E-state index in [1.54, 1.807) is 12.1 Å². The van der Waals surface area contributed by atoms with E-state index in [4.69, 9.17) is 4.74 Å². The van der Waals surface area contributed by atoms with Crippen LogP contribution in [0.2, 0.25) is 0 Å². The van der Waals surface area contributed by atoms with E-state index in [0.717, 1.165) is 30.2 Å². The third-order valence-electron chi connectivity index (χ3n) is 4.99. The molecule has 0 aromatic heterocycles. The van der Waals surface area contributed by atoms with Gasteiger partial charge in [-0.15, -0.1) is 0 Å². The maximum atomic E-state index is 12.2. The third kappa shape index (κ3) is 4.63. The van der Waals surface area contributed by atoms with Gasteiger partial charge in [-0.2, -0.15) is 0 Å². The molecule has 1 saturated carbocycles. The average Bonchev–Trinajstić information content (AvgIpc) is 2.91. The van der Waals surface area contributed by atoms with Crippen molar-refractivity contribution in [1.29, 1.82) is 0 Å². The van der Waals surface area contributed by atoms with E-state index in [1.165, 1.54) is 19.3 Å². The summed E-state index contributed by atoms with van der Waals surface area (Å²) in [4.78, 5) is 35.0. The molecule has 2 aliphatic rings. The summed E-state index contributed by atoms with van der Waals surface area (Å²) in [6.45, 7) is 2.66. The van der Waals surface area contributed by atoms with Crippen LogP contribution in [0.3, 0.4) is 0 Å². The minimum absolute atomic E-state index is 0.105. The number of carbonyl (C=O) groups is 3. The number of imide groups is 1. The van der Waals surface area contributed by atoms with Crippen molar-refractivity contribution < 1.29 is 19.1 Å². The molecule has 0 bridgehead atoms. The Balaban J connectivity index is 1.53. The van der Waals surface area contributed by atoms with Gasteiger partial charge in [-0.3, -0.25) is 14.9 Å². The van der Waals surface area contributed by atoms with Crippen LogP contribution in [0.5, 0.6) is 0 Å². The Bertz CT molecular complexity index is 665. The van der Waals surface area contributed by atoms with Crippen LogP contribution in [0.4, 0.5) is 4.79 Å². The van der Waals surface area contributed by atoms with Crippen molar-refractivity contribution in [3.8, 4) is 0 Å². The normalized spacial score (nSPS) is 22.5. The molecule has 0 radical (unpaired) electrons. The Morgan fingerprint density at radius 2 is 1.88 bits per heavy atom. The Morgan fingerprint density at radius 1 is 1.20 bits per heavy atom. The Labute approximate surface area is 151 Å². The zero-order valence-corrected chi connectivity index (χ0v) is 15.2. The molecule has 134 valence electrons. The summed E-state index contributed by atoms with van der Waals surface area (Å²) < 4.78 is 5.52. The molecule has 6 heteroatoms. The Morgan fingerprint density at radius 3 is 2.48 bits per heavy atom. The highest BCUT2D eigenvalue weighted by atomic mass is 32.2. The molecule has 1 saturated heterocycles. The number of hydrogen-bond acceptors (Lipinski definition) is 5. The average molecular weight is 361 g/mol. The first-order chi connectivity index (χ1) is 12.0. The van der Waals surface area contributed by atoms with Crippen molar-refractivity contribution in [2.45, 2.75) is 50.7 Å². The number of ether oxygens (including phenoxy) is 1. The molecule has 2 fully saturated rings. The number of esters is 1. The standard InChI is InChI=1S/C19H23NO4S/c1-19(9-3-2-4-10-19)12-24-17(22)14-7-5-13(6-8-14)11-15-16(21)20-18(23)25-15/h5-8,15H,2-4,9-12H2,1H3,(H,20,21,23). The van der Waals surface area contributed by atoms with Gasteiger partial charge in [0.1, 0.15) is 0 Å². The quantitative estimate of drug-likeness (QED) is 0.810. The summed E-state index contributed by atoms with van der Waals surface area (Å²) in [5.41, 5.74) is 1.54. The second-order valence-electron chi connectivity index (χ2n) is 7.23. The maximum absolute atomic E-state index is 12.2. The lowest BCUT2D eigenvalue weighted by molar-refractivity contribution is -0.118. The molecule has 1 aliphatic heterocycles. The van der Waals surface area contributed by atoms with Gasteiger partial charge in [0.25, 0.3) is 5.24 Å². The summed E-state index contributed by atoms with van der Waals surface area (Å²) in [5.74, 6) is -0.555. The molecular formula is C19H23NO4S. The van der Waals surface area contributed by atoms with Gasteiger partial charge in [0.2, 0.25) is 5.91 Å². The minimum atomic E-state index is -0.392. The van der Waals surface area contributed by atoms with Gasteiger partial charge in [0, 0.05) is 5.41 Å². The van der Waals surface area contributed by atoms with Crippen LogP contribution in [0.1, 0.15) is 54.9 Å². The number of rotatable bonds is 5. The van der Waals surface area contributed by atoms with Crippen molar-refractivity contribution >= 4 is 28.9 Å². The summed E-state index contributed by atoms with van der Waals surface area (Å²) in [6, 6.07) is 7.07. The van der Waals surface area contributed by atoms with Gasteiger partial charge in [-0.1, -0.05) is 50.1 Å². The lowest BCUT2D eigenvalue weighted by Crippen LogP contribution is -2.27. The predicted molar refractivity (Wildman–Crippen MR) is 96.5 cm³/mol. The zero-order chi connectivity index (χ0) is 17.9. The minimum Gasteiger partial charge on any atom is -0.462 e. The smallest absolute Gasteiger partial charge is 0.338 e. The predicted octanol–water partition coefficient (Wildman–Crippen LogP) is 3.71. The van der Waals surface area contributed by atoms with E-state index in [-0.39, 0.29) is 22.5 Å². The number of carbonyl (C=O) groups excluding carboxylic acids is 3. The van der Waals surface area contributed by atoms with Gasteiger partial charge < -0.3 is 4.74 Å². The molecule has 0 spiro atoms. The third-order valence-corrected chi connectivity index (χ3v) is 5.97. The first-order valence-electron chi connectivity index (χ1n) is 8.73. The molecule has 1 atom stereocenters. The maximum Gasteiger partial charge on any atom is 0.338 e. The number of nitrogens with one attached hydrogen (secondary N) is 1. The van der Waals surface area contributed by atoms with E-state index in [2.05, 4.69) is 12.2 Å². The van der Waals surface area contributed by atoms with Gasteiger partial charge in [0.15, 0.2) is 0 Å². The Kier molecular flexibility index (Phi) is 5.47. The molecule has 2 amide bonds. The van der Waals surface area contributed by atoms with Gasteiger partial charge in [0.05, 0.1) is 17.4 Å². The number of benzene rings is 1. The molecule has 5 nitrogen and oxygen atoms in total. The fraction of sp³-hybridized carbons (Fsp3) is 0.526. The van der Waals surface area contributed by atoms with Crippen LogP contribution in [-0.2, 0) is 16.0 Å². The summed E-state index contributed by atoms with van der Waals surface area (Å²) in [7, 11) is 0. The van der Waals surface area contributed by atoms with Crippen molar-refractivity contribution in [3.63, 3.8) is 0 Å². The first-order valence-corrected chi connectivity index (χ1v) is 9.61. The summed E-state index contributed by atoms with van der Waals surface area (Å²) in [5, 5.41) is 1.59. The van der Waals surface area contributed by atoms with E-state index in [0.29, 0.717) is 18.6 Å². The summed E-state index contributed by atoms with van der Waals surface area (Å²) >= 11 is 1.01. The molecular weight excluding hydrogens is 338 g/mol. The first kappa shape index (κ1) is 18.0. The van der Waals surface area contributed by atoms with Crippen LogP contribution < -0.4 is 5.32 Å². The molecule has 1 aliphatic carbocycles. The fourth-order valence-electron chi connectivity index (χ4n) is 3.39. The van der Waals surface area contributed by atoms with Crippen LogP contribution in [-0.4, -0.2) is 29.0 Å². The number of amides is 2. The molecule has 1 unspecified atom stereocenters. The number of thioether (sulfide) groups is 1. The molecule has 1 N–H and O–H groups in total. The van der Waals surface area contributed by atoms with Crippen LogP contribution in [0.25, 0.3) is 0 Å². The van der Waals surface area contributed by atoms with Gasteiger partial charge in [-0.05, 0) is 37.0 Å². The molecule has 25 heavy (non-hydrogen) atoms. The van der Waals surface area contributed by atoms with E-state index in [1.807, 2.05) is 12.1 Å². The molecule has 1 aromatic rings. The van der Waals surface area contributed by atoms with Crippen molar-refractivity contribution in [2.75, 3.05) is 6.61 Å². The SMILES string of the molecule is CC1(COC(=O)c2ccc(CC3SC(=O)NC3=O)cc2)CCCCC1. The number of hydrogen-bond donors (Lipinski definition) is 1. The zero-order valence-electron chi connectivity index (χ0n) is 14.4. The van der Waals surface area contributed by atoms with Crippen molar-refractivity contribution in [2.24, 2.45) is 5.41 Å². The van der Waals surface area contributed by atoms with E-state index < -0.39 is 5.25 Å². The van der Waals surface area contributed by atoms with E-state index in [9.17, 15) is 14.4 Å². The topological polar surface area (TPSA) is 72.5 Å². The lowest BCUT2D eigenvalue weighted by atomic mass is 9.76. The second kappa shape index (κ2) is 7.60. The van der Waals surface area contributed by atoms with Gasteiger partial charge >= 0.3 is 5.97 Å². The van der Waals surface area contributed by atoms with Gasteiger partial charge in [-0.25, -0.2) is 4.79 Å². The van der Waals surface area contributed by atoms with Crippen LogP contribution in [0, 0.1) is 5.41 Å².